The van der Waals surface area contributed by atoms with Gasteiger partial charge in [-0.15, -0.1) is 0 Å². The fourth-order valence-corrected chi connectivity index (χ4v) is 3.17. The average Bonchev–Trinajstić information content (AvgIpc) is 2.63. The second kappa shape index (κ2) is 6.82. The molecule has 0 spiro atoms. The molecule has 0 aliphatic heterocycles. The highest BCUT2D eigenvalue weighted by molar-refractivity contribution is 9.10. The molecule has 1 N–H and O–H groups in total. The number of nitrogens with zero attached hydrogens (tertiary/aromatic N) is 2. The van der Waals surface area contributed by atoms with E-state index in [4.69, 9.17) is 21.6 Å². The summed E-state index contributed by atoms with van der Waals surface area (Å²) in [5.41, 5.74) is 2.73. The quantitative estimate of drug-likeness (QED) is 0.421. The normalized spacial score (nSPS) is 10.8. The van der Waals surface area contributed by atoms with Crippen LogP contribution in [0.25, 0.3) is 22.3 Å². The molecular formula is C20H13BrClN3. The molecule has 3 aromatic carbocycles. The Balaban J connectivity index is 1.89. The standard InChI is InChI=1S/C20H13BrClN3/c21-14-9-10-18-17(11-14)20(23-16-8-4-7-15(22)12-16)25-19(24-18)13-5-2-1-3-6-13/h1-12H,(H,23,24,25). The van der Waals surface area contributed by atoms with E-state index >= 15 is 0 Å². The molecule has 122 valence electrons. The number of benzene rings is 3. The van der Waals surface area contributed by atoms with Crippen LogP contribution in [-0.2, 0) is 0 Å². The summed E-state index contributed by atoms with van der Waals surface area (Å²) in [4.78, 5) is 9.46. The largest absolute Gasteiger partial charge is 0.340 e. The first-order chi connectivity index (χ1) is 12.2. The number of hydrogen-bond donors (Lipinski definition) is 1. The van der Waals surface area contributed by atoms with Crippen LogP contribution in [0.1, 0.15) is 0 Å². The number of anilines is 2. The molecule has 0 bridgehead atoms. The van der Waals surface area contributed by atoms with Gasteiger partial charge >= 0.3 is 0 Å². The van der Waals surface area contributed by atoms with Crippen LogP contribution in [0.5, 0.6) is 0 Å². The van der Waals surface area contributed by atoms with Gasteiger partial charge in [0, 0.05) is 26.1 Å². The summed E-state index contributed by atoms with van der Waals surface area (Å²) in [7, 11) is 0. The fourth-order valence-electron chi connectivity index (χ4n) is 2.62. The lowest BCUT2D eigenvalue weighted by molar-refractivity contribution is 1.22. The van der Waals surface area contributed by atoms with Crippen molar-refractivity contribution in [2.45, 2.75) is 0 Å². The van der Waals surface area contributed by atoms with Gasteiger partial charge < -0.3 is 5.32 Å². The first-order valence-corrected chi connectivity index (χ1v) is 8.91. The minimum absolute atomic E-state index is 0.674. The van der Waals surface area contributed by atoms with E-state index in [1.165, 1.54) is 0 Å². The lowest BCUT2D eigenvalue weighted by atomic mass is 10.2. The van der Waals surface area contributed by atoms with Crippen molar-refractivity contribution >= 4 is 49.9 Å². The maximum Gasteiger partial charge on any atom is 0.162 e. The van der Waals surface area contributed by atoms with Crippen molar-refractivity contribution < 1.29 is 0 Å². The van der Waals surface area contributed by atoms with E-state index in [0.717, 1.165) is 32.4 Å². The number of nitrogens with one attached hydrogen (secondary N) is 1. The predicted molar refractivity (Wildman–Crippen MR) is 107 cm³/mol. The molecule has 0 amide bonds. The van der Waals surface area contributed by atoms with Gasteiger partial charge in [-0.05, 0) is 36.4 Å². The molecule has 1 aromatic heterocycles. The predicted octanol–water partition coefficient (Wildman–Crippen LogP) is 6.46. The third-order valence-electron chi connectivity index (χ3n) is 3.78. The molecule has 4 rings (SSSR count). The summed E-state index contributed by atoms with van der Waals surface area (Å²) in [5.74, 6) is 1.42. The summed E-state index contributed by atoms with van der Waals surface area (Å²) < 4.78 is 0.977. The molecule has 1 heterocycles. The fraction of sp³-hybridized carbons (Fsp3) is 0. The second-order valence-corrected chi connectivity index (χ2v) is 6.91. The maximum absolute atomic E-state index is 6.10. The smallest absolute Gasteiger partial charge is 0.162 e. The van der Waals surface area contributed by atoms with E-state index in [0.29, 0.717) is 10.8 Å². The highest BCUT2D eigenvalue weighted by Crippen LogP contribution is 2.30. The van der Waals surface area contributed by atoms with Gasteiger partial charge in [0.05, 0.1) is 5.52 Å². The summed E-state index contributed by atoms with van der Waals surface area (Å²) >= 11 is 9.62. The van der Waals surface area contributed by atoms with Crippen LogP contribution < -0.4 is 5.32 Å². The molecule has 0 saturated carbocycles. The van der Waals surface area contributed by atoms with Crippen LogP contribution in [0.15, 0.2) is 77.3 Å². The van der Waals surface area contributed by atoms with Crippen molar-refractivity contribution in [3.63, 3.8) is 0 Å². The van der Waals surface area contributed by atoms with Crippen LogP contribution in [0.4, 0.5) is 11.5 Å². The molecule has 3 nitrogen and oxygen atoms in total. The third-order valence-corrected chi connectivity index (χ3v) is 4.51. The Hall–Kier alpha value is -2.43. The Bertz CT molecular complexity index is 1050. The summed E-state index contributed by atoms with van der Waals surface area (Å²) in [6.45, 7) is 0. The number of hydrogen-bond acceptors (Lipinski definition) is 3. The Labute approximate surface area is 158 Å². The molecule has 0 saturated heterocycles. The van der Waals surface area contributed by atoms with Crippen molar-refractivity contribution in [2.24, 2.45) is 0 Å². The Morgan fingerprint density at radius 1 is 0.840 bits per heavy atom. The van der Waals surface area contributed by atoms with Crippen LogP contribution in [0.3, 0.4) is 0 Å². The number of halogens is 2. The molecular weight excluding hydrogens is 398 g/mol. The third kappa shape index (κ3) is 3.50. The number of fused-ring (bicyclic) bond motifs is 1. The van der Waals surface area contributed by atoms with Gasteiger partial charge in [0.25, 0.3) is 0 Å². The van der Waals surface area contributed by atoms with Gasteiger partial charge in [-0.1, -0.05) is 63.9 Å². The van der Waals surface area contributed by atoms with Gasteiger partial charge in [0.2, 0.25) is 0 Å². The van der Waals surface area contributed by atoms with Crippen LogP contribution in [0, 0.1) is 0 Å². The summed E-state index contributed by atoms with van der Waals surface area (Å²) in [5, 5.41) is 4.98. The first-order valence-electron chi connectivity index (χ1n) is 7.74. The van der Waals surface area contributed by atoms with Gasteiger partial charge in [-0.3, -0.25) is 0 Å². The SMILES string of the molecule is Clc1cccc(Nc2nc(-c3ccccc3)nc3ccc(Br)cc23)c1. The van der Waals surface area contributed by atoms with Gasteiger partial charge in [0.1, 0.15) is 5.82 Å². The highest BCUT2D eigenvalue weighted by Gasteiger charge is 2.10. The highest BCUT2D eigenvalue weighted by atomic mass is 79.9. The molecule has 0 fully saturated rings. The van der Waals surface area contributed by atoms with Crippen molar-refractivity contribution in [1.82, 2.24) is 9.97 Å². The molecule has 0 aliphatic carbocycles. The Morgan fingerprint density at radius 2 is 1.68 bits per heavy atom. The van der Waals surface area contributed by atoms with Gasteiger partial charge in [-0.25, -0.2) is 9.97 Å². The number of aromatic nitrogens is 2. The van der Waals surface area contributed by atoms with E-state index in [2.05, 4.69) is 21.2 Å². The molecule has 4 aromatic rings. The van der Waals surface area contributed by atoms with Gasteiger partial charge in [0.15, 0.2) is 5.82 Å². The summed E-state index contributed by atoms with van der Waals surface area (Å²) in [6, 6.07) is 23.5. The molecule has 0 atom stereocenters. The van der Waals surface area contributed by atoms with Crippen molar-refractivity contribution in [3.8, 4) is 11.4 Å². The van der Waals surface area contributed by atoms with Crippen molar-refractivity contribution in [3.05, 3.63) is 82.3 Å². The minimum atomic E-state index is 0.674. The molecule has 0 aliphatic rings. The van der Waals surface area contributed by atoms with E-state index in [1.54, 1.807) is 0 Å². The molecule has 25 heavy (non-hydrogen) atoms. The van der Waals surface area contributed by atoms with E-state index in [1.807, 2.05) is 72.8 Å². The molecule has 5 heteroatoms. The van der Waals surface area contributed by atoms with Crippen molar-refractivity contribution in [2.75, 3.05) is 5.32 Å². The minimum Gasteiger partial charge on any atom is -0.340 e. The average molecular weight is 411 g/mol. The maximum atomic E-state index is 6.10. The van der Waals surface area contributed by atoms with Crippen LogP contribution in [0.2, 0.25) is 5.02 Å². The monoisotopic (exact) mass is 409 g/mol. The van der Waals surface area contributed by atoms with Crippen LogP contribution >= 0.6 is 27.5 Å². The topological polar surface area (TPSA) is 37.8 Å². The molecule has 0 unspecified atom stereocenters. The summed E-state index contributed by atoms with van der Waals surface area (Å²) in [6.07, 6.45) is 0. The lowest BCUT2D eigenvalue weighted by Crippen LogP contribution is -1.99. The Morgan fingerprint density at radius 3 is 2.48 bits per heavy atom. The second-order valence-electron chi connectivity index (χ2n) is 5.56. The number of rotatable bonds is 3. The van der Waals surface area contributed by atoms with Gasteiger partial charge in [-0.2, -0.15) is 0 Å². The molecule has 0 radical (unpaired) electrons. The van der Waals surface area contributed by atoms with Crippen molar-refractivity contribution in [1.29, 1.82) is 0 Å². The first kappa shape index (κ1) is 16.1. The Kier molecular flexibility index (Phi) is 4.38. The van der Waals surface area contributed by atoms with E-state index in [-0.39, 0.29) is 0 Å². The zero-order valence-electron chi connectivity index (χ0n) is 13.1. The van der Waals surface area contributed by atoms with E-state index < -0.39 is 0 Å². The zero-order chi connectivity index (χ0) is 17.2. The lowest BCUT2D eigenvalue weighted by Gasteiger charge is -2.12. The van der Waals surface area contributed by atoms with E-state index in [9.17, 15) is 0 Å². The zero-order valence-corrected chi connectivity index (χ0v) is 15.4. The van der Waals surface area contributed by atoms with Crippen LogP contribution in [-0.4, -0.2) is 9.97 Å².